The van der Waals surface area contributed by atoms with Gasteiger partial charge in [-0.1, -0.05) is 54.6 Å². The van der Waals surface area contributed by atoms with Crippen LogP contribution in [0.15, 0.2) is 140 Å². The van der Waals surface area contributed by atoms with Gasteiger partial charge in [-0.15, -0.1) is 0 Å². The monoisotopic (exact) mass is 604 g/mol. The molecule has 1 aliphatic heterocycles. The molecular formula is C41H36N2O3. The van der Waals surface area contributed by atoms with Gasteiger partial charge in [0.05, 0.1) is 14.2 Å². The van der Waals surface area contributed by atoms with E-state index in [9.17, 15) is 0 Å². The first-order chi connectivity index (χ1) is 22.5. The topological polar surface area (TPSA) is 34.2 Å². The van der Waals surface area contributed by atoms with Crippen molar-refractivity contribution in [1.82, 2.24) is 0 Å². The molecular weight excluding hydrogens is 568 g/mol. The SMILES string of the molecule is COc1ccc(N(c2ccc(OC)cc2)c2ccc3c4c(ccc3c2)OC(c2ccccc2)(c2ccc(N(C)C)cc2)C=C4)cc1. The second kappa shape index (κ2) is 12.0. The molecule has 0 saturated carbocycles. The van der Waals surface area contributed by atoms with Gasteiger partial charge in [0.25, 0.3) is 0 Å². The largest absolute Gasteiger partial charge is 0.497 e. The van der Waals surface area contributed by atoms with Gasteiger partial charge in [0, 0.05) is 53.5 Å². The average molecular weight is 605 g/mol. The summed E-state index contributed by atoms with van der Waals surface area (Å²) in [4.78, 5) is 4.35. The zero-order chi connectivity index (χ0) is 31.7. The van der Waals surface area contributed by atoms with E-state index in [0.717, 1.165) is 67.5 Å². The molecule has 6 aromatic carbocycles. The lowest BCUT2D eigenvalue weighted by molar-refractivity contribution is 0.161. The second-order valence-corrected chi connectivity index (χ2v) is 11.6. The van der Waals surface area contributed by atoms with Gasteiger partial charge in [-0.25, -0.2) is 0 Å². The lowest BCUT2D eigenvalue weighted by Gasteiger charge is -2.36. The number of hydrogen-bond acceptors (Lipinski definition) is 5. The standard InChI is InChI=1S/C41H36N2O3/c1-42(2)32-13-11-31(12-14-32)41(30-8-6-5-7-9-30)27-26-39-38-24-19-35(28-29(38)10-25-40(39)46-41)43(33-15-20-36(44-3)21-16-33)34-17-22-37(45-4)23-18-34/h5-28H,1-4H3. The Labute approximate surface area is 270 Å². The van der Waals surface area contributed by atoms with Gasteiger partial charge in [0.2, 0.25) is 0 Å². The predicted octanol–water partition coefficient (Wildman–Crippen LogP) is 9.74. The Morgan fingerprint density at radius 3 is 1.72 bits per heavy atom. The quantitative estimate of drug-likeness (QED) is 0.173. The van der Waals surface area contributed by atoms with Gasteiger partial charge >= 0.3 is 0 Å². The Hall–Kier alpha value is -5.68. The lowest BCUT2D eigenvalue weighted by atomic mass is 9.83. The molecule has 0 aliphatic carbocycles. The number of benzene rings is 6. The summed E-state index contributed by atoms with van der Waals surface area (Å²) in [5.74, 6) is 2.48. The summed E-state index contributed by atoms with van der Waals surface area (Å²) in [7, 11) is 7.48. The minimum atomic E-state index is -0.744. The molecule has 1 atom stereocenters. The highest BCUT2D eigenvalue weighted by atomic mass is 16.5. The summed E-state index contributed by atoms with van der Waals surface area (Å²) in [5, 5.41) is 2.26. The van der Waals surface area contributed by atoms with E-state index in [1.54, 1.807) is 14.2 Å². The van der Waals surface area contributed by atoms with E-state index in [1.807, 2.05) is 30.3 Å². The number of hydrogen-bond donors (Lipinski definition) is 0. The Bertz CT molecular complexity index is 1950. The zero-order valence-electron chi connectivity index (χ0n) is 26.5. The summed E-state index contributed by atoms with van der Waals surface area (Å²) in [6.07, 6.45) is 4.42. The molecule has 6 aromatic rings. The van der Waals surface area contributed by atoms with Gasteiger partial charge in [-0.2, -0.15) is 0 Å². The fraction of sp³-hybridized carbons (Fsp3) is 0.122. The van der Waals surface area contributed by atoms with Crippen LogP contribution in [0, 0.1) is 0 Å². The number of methoxy groups -OCH3 is 2. The van der Waals surface area contributed by atoms with Gasteiger partial charge in [-0.3, -0.25) is 0 Å². The molecule has 1 aliphatic rings. The average Bonchev–Trinajstić information content (AvgIpc) is 3.12. The molecule has 5 heteroatoms. The highest BCUT2D eigenvalue weighted by Crippen LogP contribution is 2.45. The molecule has 0 bridgehead atoms. The van der Waals surface area contributed by atoms with Crippen molar-refractivity contribution in [2.45, 2.75) is 5.60 Å². The highest BCUT2D eigenvalue weighted by molar-refractivity contribution is 5.97. The normalized spacial score (nSPS) is 15.1. The van der Waals surface area contributed by atoms with Gasteiger partial charge in [-0.05, 0) is 102 Å². The Balaban J connectivity index is 1.31. The van der Waals surface area contributed by atoms with E-state index < -0.39 is 5.60 Å². The van der Waals surface area contributed by atoms with E-state index in [0.29, 0.717) is 0 Å². The van der Waals surface area contributed by atoms with Crippen molar-refractivity contribution < 1.29 is 14.2 Å². The van der Waals surface area contributed by atoms with E-state index in [1.165, 1.54) is 0 Å². The van der Waals surface area contributed by atoms with Crippen LogP contribution in [0.2, 0.25) is 0 Å². The summed E-state index contributed by atoms with van der Waals surface area (Å²) < 4.78 is 17.9. The van der Waals surface area contributed by atoms with Crippen molar-refractivity contribution in [1.29, 1.82) is 0 Å². The smallest absolute Gasteiger partial charge is 0.178 e. The molecule has 5 nitrogen and oxygen atoms in total. The van der Waals surface area contributed by atoms with Crippen LogP contribution in [0.3, 0.4) is 0 Å². The van der Waals surface area contributed by atoms with Crippen LogP contribution in [-0.4, -0.2) is 28.3 Å². The number of fused-ring (bicyclic) bond motifs is 3. The molecule has 0 saturated heterocycles. The molecule has 1 unspecified atom stereocenters. The van der Waals surface area contributed by atoms with Crippen molar-refractivity contribution in [3.05, 3.63) is 156 Å². The fourth-order valence-corrected chi connectivity index (χ4v) is 6.21. The van der Waals surface area contributed by atoms with E-state index in [2.05, 4.69) is 139 Å². The molecule has 7 rings (SSSR count). The van der Waals surface area contributed by atoms with Gasteiger partial charge < -0.3 is 24.0 Å². The number of anilines is 4. The van der Waals surface area contributed by atoms with E-state index in [-0.39, 0.29) is 0 Å². The highest BCUT2D eigenvalue weighted by Gasteiger charge is 2.37. The summed E-state index contributed by atoms with van der Waals surface area (Å²) in [5.41, 5.74) is 6.73. The van der Waals surface area contributed by atoms with Crippen LogP contribution in [0.1, 0.15) is 16.7 Å². The summed E-state index contributed by atoms with van der Waals surface area (Å²) in [6.45, 7) is 0. The van der Waals surface area contributed by atoms with E-state index >= 15 is 0 Å². The molecule has 0 spiro atoms. The van der Waals surface area contributed by atoms with Crippen molar-refractivity contribution in [2.75, 3.05) is 38.1 Å². The third-order valence-corrected chi connectivity index (χ3v) is 8.70. The maximum atomic E-state index is 7.03. The van der Waals surface area contributed by atoms with Crippen LogP contribution in [-0.2, 0) is 5.60 Å². The predicted molar refractivity (Wildman–Crippen MR) is 189 cm³/mol. The minimum Gasteiger partial charge on any atom is -0.497 e. The van der Waals surface area contributed by atoms with E-state index in [4.69, 9.17) is 14.2 Å². The molecule has 1 heterocycles. The van der Waals surface area contributed by atoms with Crippen LogP contribution in [0.5, 0.6) is 17.2 Å². The second-order valence-electron chi connectivity index (χ2n) is 11.6. The third-order valence-electron chi connectivity index (χ3n) is 8.70. The van der Waals surface area contributed by atoms with Crippen LogP contribution in [0.25, 0.3) is 16.8 Å². The van der Waals surface area contributed by atoms with Crippen LogP contribution >= 0.6 is 0 Å². The van der Waals surface area contributed by atoms with Crippen molar-refractivity contribution in [3.63, 3.8) is 0 Å². The molecule has 0 fully saturated rings. The zero-order valence-corrected chi connectivity index (χ0v) is 26.5. The molecule has 0 radical (unpaired) electrons. The first-order valence-electron chi connectivity index (χ1n) is 15.4. The Morgan fingerprint density at radius 2 is 1.13 bits per heavy atom. The first-order valence-corrected chi connectivity index (χ1v) is 15.4. The Kier molecular flexibility index (Phi) is 7.59. The third kappa shape index (κ3) is 5.20. The first kappa shape index (κ1) is 29.1. The lowest BCUT2D eigenvalue weighted by Crippen LogP contribution is -2.34. The van der Waals surface area contributed by atoms with Crippen molar-refractivity contribution in [2.24, 2.45) is 0 Å². The molecule has 0 aromatic heterocycles. The summed E-state index contributed by atoms with van der Waals surface area (Å²) >= 11 is 0. The molecule has 0 amide bonds. The number of rotatable bonds is 8. The fourth-order valence-electron chi connectivity index (χ4n) is 6.21. The van der Waals surface area contributed by atoms with Crippen molar-refractivity contribution in [3.8, 4) is 17.2 Å². The molecule has 46 heavy (non-hydrogen) atoms. The number of ether oxygens (including phenoxy) is 3. The number of nitrogens with zero attached hydrogens (tertiary/aromatic N) is 2. The van der Waals surface area contributed by atoms with Crippen LogP contribution in [0.4, 0.5) is 22.7 Å². The maximum absolute atomic E-state index is 7.03. The van der Waals surface area contributed by atoms with Crippen molar-refractivity contribution >= 4 is 39.6 Å². The van der Waals surface area contributed by atoms with Crippen LogP contribution < -0.4 is 24.0 Å². The van der Waals surface area contributed by atoms with Gasteiger partial charge in [0.1, 0.15) is 17.2 Å². The molecule has 228 valence electrons. The minimum absolute atomic E-state index is 0.744. The Morgan fingerprint density at radius 1 is 0.565 bits per heavy atom. The molecule has 0 N–H and O–H groups in total. The van der Waals surface area contributed by atoms with Gasteiger partial charge in [0.15, 0.2) is 5.60 Å². The maximum Gasteiger partial charge on any atom is 0.178 e. The summed E-state index contributed by atoms with van der Waals surface area (Å²) in [6, 6.07) is 46.1.